The number of methoxy groups -OCH3 is 1. The van der Waals surface area contributed by atoms with Crippen molar-refractivity contribution in [1.29, 1.82) is 0 Å². The molecule has 1 aromatic carbocycles. The number of carbonyl (C=O) groups is 3. The number of hydrogen-bond acceptors (Lipinski definition) is 6. The lowest BCUT2D eigenvalue weighted by atomic mass is 9.92. The van der Waals surface area contributed by atoms with E-state index in [4.69, 9.17) is 14.2 Å². The summed E-state index contributed by atoms with van der Waals surface area (Å²) in [6, 6.07) is 2.08. The molecule has 0 spiro atoms. The van der Waals surface area contributed by atoms with Crippen LogP contribution in [0.1, 0.15) is 59.9 Å². The zero-order valence-corrected chi connectivity index (χ0v) is 22.0. The standard InChI is InChI=1S/C26H36F2N2O6/c1-15(31)30-21(10-16-8-18(27)13-19(28)9-16)23(35-26(30,5)6)20-11-17(12-22(32)34-7)14-29(20)24(33)36-25(2,3)4/h8-9,13,17,20-21,23H,10-12,14H2,1-7H3/t17?,20?,21-,23+/m0/s1. The van der Waals surface area contributed by atoms with Gasteiger partial charge in [-0.05, 0) is 71.1 Å². The Hall–Kier alpha value is -2.75. The van der Waals surface area contributed by atoms with Crippen molar-refractivity contribution in [2.75, 3.05) is 13.7 Å². The third-order valence-corrected chi connectivity index (χ3v) is 6.54. The zero-order valence-electron chi connectivity index (χ0n) is 22.0. The average molecular weight is 511 g/mol. The smallest absolute Gasteiger partial charge is 0.410 e. The van der Waals surface area contributed by atoms with E-state index in [9.17, 15) is 23.2 Å². The summed E-state index contributed by atoms with van der Waals surface area (Å²) in [7, 11) is 1.31. The fourth-order valence-electron chi connectivity index (χ4n) is 5.41. The van der Waals surface area contributed by atoms with Crippen LogP contribution in [0.2, 0.25) is 0 Å². The number of carbonyl (C=O) groups excluding carboxylic acids is 3. The molecular formula is C26H36F2N2O6. The summed E-state index contributed by atoms with van der Waals surface area (Å²) in [6.07, 6.45) is -0.612. The first-order valence-electron chi connectivity index (χ1n) is 12.1. The molecule has 0 aromatic heterocycles. The molecule has 36 heavy (non-hydrogen) atoms. The van der Waals surface area contributed by atoms with Gasteiger partial charge in [-0.2, -0.15) is 0 Å². The zero-order chi connectivity index (χ0) is 27.0. The minimum absolute atomic E-state index is 0.110. The Labute approximate surface area is 210 Å². The van der Waals surface area contributed by atoms with E-state index in [0.29, 0.717) is 12.0 Å². The second-order valence-corrected chi connectivity index (χ2v) is 11.0. The van der Waals surface area contributed by atoms with Gasteiger partial charge in [0.25, 0.3) is 0 Å². The van der Waals surface area contributed by atoms with Crippen molar-refractivity contribution < 1.29 is 37.4 Å². The average Bonchev–Trinajstić information content (AvgIpc) is 3.23. The number of amides is 2. The second kappa shape index (κ2) is 10.3. The summed E-state index contributed by atoms with van der Waals surface area (Å²) < 4.78 is 44.8. The van der Waals surface area contributed by atoms with Crippen molar-refractivity contribution >= 4 is 18.0 Å². The summed E-state index contributed by atoms with van der Waals surface area (Å²) in [5.74, 6) is -2.31. The van der Waals surface area contributed by atoms with E-state index in [2.05, 4.69) is 0 Å². The molecule has 1 aromatic rings. The molecule has 2 amide bonds. The Morgan fingerprint density at radius 3 is 2.28 bits per heavy atom. The molecule has 0 radical (unpaired) electrons. The fourth-order valence-corrected chi connectivity index (χ4v) is 5.41. The van der Waals surface area contributed by atoms with Crippen LogP contribution in [-0.2, 0) is 30.2 Å². The van der Waals surface area contributed by atoms with E-state index < -0.39 is 53.2 Å². The van der Waals surface area contributed by atoms with Crippen molar-refractivity contribution in [3.05, 3.63) is 35.4 Å². The van der Waals surface area contributed by atoms with E-state index in [-0.39, 0.29) is 31.2 Å². The number of esters is 1. The van der Waals surface area contributed by atoms with E-state index in [1.165, 1.54) is 26.2 Å². The summed E-state index contributed by atoms with van der Waals surface area (Å²) in [6.45, 7) is 10.4. The maximum Gasteiger partial charge on any atom is 0.410 e. The first-order chi connectivity index (χ1) is 16.6. The van der Waals surface area contributed by atoms with Gasteiger partial charge in [-0.1, -0.05) is 0 Å². The number of ether oxygens (including phenoxy) is 3. The van der Waals surface area contributed by atoms with Crippen LogP contribution in [0.25, 0.3) is 0 Å². The normalized spacial score (nSPS) is 25.7. The summed E-state index contributed by atoms with van der Waals surface area (Å²) in [5.41, 5.74) is -1.42. The van der Waals surface area contributed by atoms with Crippen molar-refractivity contribution in [2.24, 2.45) is 5.92 Å². The van der Waals surface area contributed by atoms with E-state index in [1.54, 1.807) is 44.4 Å². The van der Waals surface area contributed by atoms with Gasteiger partial charge in [0, 0.05) is 19.5 Å². The molecule has 0 bridgehead atoms. The number of likely N-dealkylation sites (tertiary alicyclic amines) is 1. The molecule has 4 atom stereocenters. The Morgan fingerprint density at radius 2 is 1.75 bits per heavy atom. The van der Waals surface area contributed by atoms with Gasteiger partial charge >= 0.3 is 12.1 Å². The lowest BCUT2D eigenvalue weighted by molar-refractivity contribution is -0.146. The molecule has 8 nitrogen and oxygen atoms in total. The largest absolute Gasteiger partial charge is 0.469 e. The van der Waals surface area contributed by atoms with Crippen LogP contribution in [0.15, 0.2) is 18.2 Å². The monoisotopic (exact) mass is 510 g/mol. The third kappa shape index (κ3) is 6.32. The van der Waals surface area contributed by atoms with Gasteiger partial charge in [0.1, 0.15) is 29.1 Å². The topological polar surface area (TPSA) is 85.4 Å². The van der Waals surface area contributed by atoms with Gasteiger partial charge < -0.3 is 24.0 Å². The van der Waals surface area contributed by atoms with E-state index >= 15 is 0 Å². The highest BCUT2D eigenvalue weighted by atomic mass is 19.1. The number of rotatable bonds is 5. The molecule has 0 N–H and O–H groups in total. The molecule has 3 rings (SSSR count). The van der Waals surface area contributed by atoms with Crippen LogP contribution in [0.3, 0.4) is 0 Å². The Morgan fingerprint density at radius 1 is 1.14 bits per heavy atom. The maximum atomic E-state index is 14.0. The van der Waals surface area contributed by atoms with Crippen LogP contribution in [0.5, 0.6) is 0 Å². The molecule has 10 heteroatoms. The quantitative estimate of drug-likeness (QED) is 0.556. The Bertz CT molecular complexity index is 988. The summed E-state index contributed by atoms with van der Waals surface area (Å²) in [5, 5.41) is 0. The minimum Gasteiger partial charge on any atom is -0.469 e. The molecule has 2 aliphatic heterocycles. The van der Waals surface area contributed by atoms with Crippen LogP contribution in [0, 0.1) is 17.6 Å². The van der Waals surface area contributed by atoms with Gasteiger partial charge in [-0.3, -0.25) is 9.59 Å². The predicted molar refractivity (Wildman–Crippen MR) is 127 cm³/mol. The number of hydrogen-bond donors (Lipinski definition) is 0. The van der Waals surface area contributed by atoms with Crippen LogP contribution in [-0.4, -0.2) is 70.9 Å². The highest BCUT2D eigenvalue weighted by molar-refractivity contribution is 5.75. The molecule has 0 aliphatic carbocycles. The molecular weight excluding hydrogens is 474 g/mol. The van der Waals surface area contributed by atoms with Crippen LogP contribution in [0.4, 0.5) is 13.6 Å². The van der Waals surface area contributed by atoms with Gasteiger partial charge in [-0.25, -0.2) is 13.6 Å². The first-order valence-corrected chi connectivity index (χ1v) is 12.1. The fraction of sp³-hybridized carbons (Fsp3) is 0.654. The first kappa shape index (κ1) is 27.8. The molecule has 2 fully saturated rings. The molecule has 2 unspecified atom stereocenters. The predicted octanol–water partition coefficient (Wildman–Crippen LogP) is 4.05. The molecule has 2 saturated heterocycles. The number of halogens is 2. The lowest BCUT2D eigenvalue weighted by Gasteiger charge is -2.34. The van der Waals surface area contributed by atoms with Gasteiger partial charge in [0.2, 0.25) is 5.91 Å². The highest BCUT2D eigenvalue weighted by Crippen LogP contribution is 2.41. The summed E-state index contributed by atoms with van der Waals surface area (Å²) in [4.78, 5) is 41.1. The minimum atomic E-state index is -1.03. The second-order valence-electron chi connectivity index (χ2n) is 11.0. The van der Waals surface area contributed by atoms with Crippen molar-refractivity contribution in [1.82, 2.24) is 9.80 Å². The Kier molecular flexibility index (Phi) is 7.98. The Balaban J connectivity index is 2.00. The van der Waals surface area contributed by atoms with Gasteiger partial charge in [-0.15, -0.1) is 0 Å². The van der Waals surface area contributed by atoms with Crippen LogP contribution < -0.4 is 0 Å². The SMILES string of the molecule is COC(=O)CC1CC([C@H]2OC(C)(C)N(C(C)=O)[C@H]2Cc2cc(F)cc(F)c2)N(C(=O)OC(C)(C)C)C1. The van der Waals surface area contributed by atoms with Crippen LogP contribution >= 0.6 is 0 Å². The van der Waals surface area contributed by atoms with Crippen molar-refractivity contribution in [3.63, 3.8) is 0 Å². The molecule has 2 heterocycles. The maximum absolute atomic E-state index is 14.0. The van der Waals surface area contributed by atoms with Crippen molar-refractivity contribution in [3.8, 4) is 0 Å². The van der Waals surface area contributed by atoms with Gasteiger partial charge in [0.05, 0.1) is 25.6 Å². The molecule has 200 valence electrons. The lowest BCUT2D eigenvalue weighted by Crippen LogP contribution is -2.52. The highest BCUT2D eigenvalue weighted by Gasteiger charge is 2.55. The number of benzene rings is 1. The third-order valence-electron chi connectivity index (χ3n) is 6.54. The molecule has 2 aliphatic rings. The summed E-state index contributed by atoms with van der Waals surface area (Å²) >= 11 is 0. The van der Waals surface area contributed by atoms with E-state index in [0.717, 1.165) is 6.07 Å². The van der Waals surface area contributed by atoms with Crippen molar-refractivity contribution in [2.45, 2.75) is 90.3 Å². The molecule has 0 saturated carbocycles. The van der Waals surface area contributed by atoms with Gasteiger partial charge in [0.15, 0.2) is 0 Å². The number of nitrogens with zero attached hydrogens (tertiary/aromatic N) is 2. The van der Waals surface area contributed by atoms with E-state index in [1.807, 2.05) is 0 Å².